The van der Waals surface area contributed by atoms with Gasteiger partial charge in [-0.15, -0.1) is 0 Å². The van der Waals surface area contributed by atoms with Crippen molar-refractivity contribution in [3.8, 4) is 0 Å². The molecule has 1 aromatic carbocycles. The summed E-state index contributed by atoms with van der Waals surface area (Å²) in [5.41, 5.74) is -1.40. The van der Waals surface area contributed by atoms with Crippen molar-refractivity contribution < 1.29 is 23.6 Å². The highest BCUT2D eigenvalue weighted by molar-refractivity contribution is 6.63. The number of aromatic carboxylic acids is 1. The lowest BCUT2D eigenvalue weighted by Crippen LogP contribution is -2.41. The van der Waals surface area contributed by atoms with Crippen LogP contribution >= 0.6 is 0 Å². The summed E-state index contributed by atoms with van der Waals surface area (Å²) in [7, 11) is -0.883. The predicted octanol–water partition coefficient (Wildman–Crippen LogP) is 1.82. The summed E-state index contributed by atoms with van der Waals surface area (Å²) in [6, 6.07) is 4.06. The number of hydrogen-bond acceptors (Lipinski definition) is 3. The van der Waals surface area contributed by atoms with Crippen molar-refractivity contribution in [1.82, 2.24) is 0 Å². The summed E-state index contributed by atoms with van der Waals surface area (Å²) in [4.78, 5) is 11.2. The van der Waals surface area contributed by atoms with Gasteiger partial charge < -0.3 is 14.4 Å². The molecule has 0 aliphatic carbocycles. The summed E-state index contributed by atoms with van der Waals surface area (Å²) < 4.78 is 25.1. The van der Waals surface area contributed by atoms with E-state index in [1.807, 2.05) is 27.7 Å². The molecule has 0 radical (unpaired) electrons. The minimum atomic E-state index is -1.33. The van der Waals surface area contributed by atoms with E-state index in [1.165, 1.54) is 12.1 Å². The fourth-order valence-corrected chi connectivity index (χ4v) is 1.93. The van der Waals surface area contributed by atoms with Crippen LogP contribution in [-0.2, 0) is 9.31 Å². The molecule has 1 heterocycles. The number of carboxylic acid groups (broad SMARTS) is 1. The van der Waals surface area contributed by atoms with Crippen LogP contribution in [0.3, 0.4) is 0 Å². The Labute approximate surface area is 111 Å². The van der Waals surface area contributed by atoms with Crippen LogP contribution in [0, 0.1) is 5.82 Å². The van der Waals surface area contributed by atoms with Gasteiger partial charge in [-0.25, -0.2) is 9.18 Å². The fourth-order valence-electron chi connectivity index (χ4n) is 1.93. The van der Waals surface area contributed by atoms with Gasteiger partial charge in [-0.3, -0.25) is 0 Å². The molecule has 0 saturated carbocycles. The summed E-state index contributed by atoms with van der Waals surface area (Å²) in [6.45, 7) is 7.42. The molecular formula is C13H16BFO4. The second-order valence-electron chi connectivity index (χ2n) is 5.60. The smallest absolute Gasteiger partial charge is 0.478 e. The zero-order valence-corrected chi connectivity index (χ0v) is 11.4. The van der Waals surface area contributed by atoms with E-state index < -0.39 is 35.7 Å². The number of carbonyl (C=O) groups is 1. The summed E-state index contributed by atoms with van der Waals surface area (Å²) >= 11 is 0. The molecule has 1 N–H and O–H groups in total. The van der Waals surface area contributed by atoms with E-state index in [4.69, 9.17) is 14.4 Å². The van der Waals surface area contributed by atoms with Gasteiger partial charge in [-0.1, -0.05) is 12.1 Å². The van der Waals surface area contributed by atoms with Gasteiger partial charge in [-0.2, -0.15) is 0 Å². The molecule has 0 spiro atoms. The molecule has 1 aliphatic rings. The van der Waals surface area contributed by atoms with E-state index >= 15 is 0 Å². The molecule has 0 unspecified atom stereocenters. The van der Waals surface area contributed by atoms with Crippen LogP contribution in [-0.4, -0.2) is 29.4 Å². The normalized spacial score (nSPS) is 20.6. The molecule has 0 aromatic heterocycles. The van der Waals surface area contributed by atoms with Crippen molar-refractivity contribution in [1.29, 1.82) is 0 Å². The molecule has 0 amide bonds. The number of carboxylic acids is 1. The molecule has 1 fully saturated rings. The molecule has 102 valence electrons. The van der Waals surface area contributed by atoms with Gasteiger partial charge in [0, 0.05) is 0 Å². The van der Waals surface area contributed by atoms with Crippen LogP contribution in [0.2, 0.25) is 0 Å². The van der Waals surface area contributed by atoms with Gasteiger partial charge in [0.05, 0.1) is 16.8 Å². The van der Waals surface area contributed by atoms with E-state index in [0.29, 0.717) is 0 Å². The maximum absolute atomic E-state index is 13.6. The topological polar surface area (TPSA) is 55.8 Å². The highest BCUT2D eigenvalue weighted by Gasteiger charge is 2.52. The van der Waals surface area contributed by atoms with Crippen LogP contribution in [0.4, 0.5) is 4.39 Å². The Morgan fingerprint density at radius 1 is 1.21 bits per heavy atom. The molecule has 0 atom stereocenters. The number of benzene rings is 1. The Kier molecular flexibility index (Phi) is 3.19. The molecule has 0 bridgehead atoms. The zero-order valence-electron chi connectivity index (χ0n) is 11.4. The summed E-state index contributed by atoms with van der Waals surface area (Å²) in [5.74, 6) is -2.12. The standard InChI is InChI=1S/C13H16BFO4/c1-12(2)13(3,4)19-14(18-12)8-6-5-7-9(15)10(8)11(16)17/h5-7H,1-4H3,(H,16,17). The third kappa shape index (κ3) is 2.26. The Bertz CT molecular complexity index is 511. The monoisotopic (exact) mass is 266 g/mol. The quantitative estimate of drug-likeness (QED) is 0.829. The van der Waals surface area contributed by atoms with E-state index in [2.05, 4.69) is 0 Å². The minimum Gasteiger partial charge on any atom is -0.478 e. The van der Waals surface area contributed by atoms with E-state index in [-0.39, 0.29) is 5.46 Å². The third-order valence-corrected chi connectivity index (χ3v) is 3.77. The minimum absolute atomic E-state index is 0.200. The van der Waals surface area contributed by atoms with E-state index in [9.17, 15) is 9.18 Å². The first-order valence-electron chi connectivity index (χ1n) is 6.03. The average Bonchev–Trinajstić information content (AvgIpc) is 2.47. The Hall–Kier alpha value is -1.40. The largest absolute Gasteiger partial charge is 0.495 e. The lowest BCUT2D eigenvalue weighted by atomic mass is 9.76. The first-order chi connectivity index (χ1) is 8.66. The second kappa shape index (κ2) is 4.32. The molecule has 6 heteroatoms. The molecule has 1 saturated heterocycles. The van der Waals surface area contributed by atoms with Crippen LogP contribution in [0.5, 0.6) is 0 Å². The van der Waals surface area contributed by atoms with Crippen molar-refractivity contribution in [2.75, 3.05) is 0 Å². The Morgan fingerprint density at radius 3 is 2.21 bits per heavy atom. The predicted molar refractivity (Wildman–Crippen MR) is 69.1 cm³/mol. The fraction of sp³-hybridized carbons (Fsp3) is 0.462. The molecule has 19 heavy (non-hydrogen) atoms. The first-order valence-corrected chi connectivity index (χ1v) is 6.03. The van der Waals surface area contributed by atoms with Gasteiger partial charge in [0.2, 0.25) is 0 Å². The number of halogens is 1. The van der Waals surface area contributed by atoms with E-state index in [0.717, 1.165) is 6.07 Å². The summed E-state index contributed by atoms with van der Waals surface area (Å²) in [6.07, 6.45) is 0. The zero-order chi connectivity index (χ0) is 14.4. The lowest BCUT2D eigenvalue weighted by Gasteiger charge is -2.32. The molecule has 2 rings (SSSR count). The highest BCUT2D eigenvalue weighted by Crippen LogP contribution is 2.36. The van der Waals surface area contributed by atoms with Crippen LogP contribution in [0.1, 0.15) is 38.1 Å². The molecule has 1 aliphatic heterocycles. The van der Waals surface area contributed by atoms with Crippen LogP contribution in [0.15, 0.2) is 18.2 Å². The SMILES string of the molecule is CC1(C)OB(c2cccc(F)c2C(=O)O)OC1(C)C. The van der Waals surface area contributed by atoms with E-state index in [1.54, 1.807) is 0 Å². The van der Waals surface area contributed by atoms with Crippen LogP contribution in [0.25, 0.3) is 0 Å². The maximum Gasteiger partial charge on any atom is 0.495 e. The van der Waals surface area contributed by atoms with Crippen molar-refractivity contribution in [2.24, 2.45) is 0 Å². The van der Waals surface area contributed by atoms with Gasteiger partial charge >= 0.3 is 13.1 Å². The van der Waals surface area contributed by atoms with Gasteiger partial charge in [0.25, 0.3) is 0 Å². The highest BCUT2D eigenvalue weighted by atomic mass is 19.1. The Balaban J connectivity index is 2.46. The number of hydrogen-bond donors (Lipinski definition) is 1. The molecule has 1 aromatic rings. The first kappa shape index (κ1) is 14.0. The van der Waals surface area contributed by atoms with Gasteiger partial charge in [0.1, 0.15) is 5.82 Å². The molecule has 4 nitrogen and oxygen atoms in total. The summed E-state index contributed by atoms with van der Waals surface area (Å²) in [5, 5.41) is 9.12. The van der Waals surface area contributed by atoms with Crippen molar-refractivity contribution in [3.63, 3.8) is 0 Å². The second-order valence-corrected chi connectivity index (χ2v) is 5.60. The average molecular weight is 266 g/mol. The molecular weight excluding hydrogens is 250 g/mol. The Morgan fingerprint density at radius 2 is 1.74 bits per heavy atom. The third-order valence-electron chi connectivity index (χ3n) is 3.77. The maximum atomic E-state index is 13.6. The van der Waals surface area contributed by atoms with Crippen LogP contribution < -0.4 is 5.46 Å². The van der Waals surface area contributed by atoms with Gasteiger partial charge in [-0.05, 0) is 39.2 Å². The van der Waals surface area contributed by atoms with Crippen molar-refractivity contribution >= 4 is 18.6 Å². The van der Waals surface area contributed by atoms with Crippen molar-refractivity contribution in [3.05, 3.63) is 29.6 Å². The van der Waals surface area contributed by atoms with Crippen molar-refractivity contribution in [2.45, 2.75) is 38.9 Å². The lowest BCUT2D eigenvalue weighted by molar-refractivity contribution is 0.00578. The number of rotatable bonds is 2. The van der Waals surface area contributed by atoms with Gasteiger partial charge in [0.15, 0.2) is 0 Å².